The third kappa shape index (κ3) is 5.27. The number of carbonyl (C=O) groups is 4. The zero-order valence-electron chi connectivity index (χ0n) is 24.3. The Hall–Kier alpha value is -5.22. The zero-order valence-corrected chi connectivity index (χ0v) is 24.3. The molecule has 0 saturated carbocycles. The Balaban J connectivity index is 2.05. The first-order valence-corrected chi connectivity index (χ1v) is 13.4. The topological polar surface area (TPSA) is 121 Å². The zero-order chi connectivity index (χ0) is 31.0. The van der Waals surface area contributed by atoms with Crippen LogP contribution in [0.25, 0.3) is 16.2 Å². The molecule has 0 unspecified atom stereocenters. The minimum atomic E-state index is -1.01. The van der Waals surface area contributed by atoms with E-state index < -0.39 is 35.2 Å². The van der Waals surface area contributed by atoms with Crippen LogP contribution >= 0.6 is 0 Å². The van der Waals surface area contributed by atoms with Crippen molar-refractivity contribution in [3.63, 3.8) is 0 Å². The van der Waals surface area contributed by atoms with Crippen LogP contribution in [0, 0.1) is 17.9 Å². The molecular weight excluding hydrogens is 536 g/mol. The first-order chi connectivity index (χ1) is 19.8. The first kappa shape index (κ1) is 29.8. The normalized spacial score (nSPS) is 15.0. The predicted octanol–water partition coefficient (Wildman–Crippen LogP) is 6.57. The maximum absolute atomic E-state index is 14.2. The number of hydrogen-bond donors (Lipinski definition) is 0. The average Bonchev–Trinajstić information content (AvgIpc) is 3.44. The van der Waals surface area contributed by atoms with Crippen molar-refractivity contribution in [2.45, 2.75) is 65.6 Å². The predicted molar refractivity (Wildman–Crippen MR) is 153 cm³/mol. The van der Waals surface area contributed by atoms with Crippen molar-refractivity contribution in [1.82, 2.24) is 9.80 Å². The molecule has 42 heavy (non-hydrogen) atoms. The molecule has 0 N–H and O–H groups in total. The number of benzene rings is 2. The lowest BCUT2D eigenvalue weighted by atomic mass is 10.0. The molecule has 4 rings (SSSR count). The van der Waals surface area contributed by atoms with Gasteiger partial charge in [-0.05, 0) is 64.3 Å². The van der Waals surface area contributed by atoms with Gasteiger partial charge in [0.25, 0.3) is 11.8 Å². The highest BCUT2D eigenvalue weighted by Gasteiger charge is 2.54. The van der Waals surface area contributed by atoms with E-state index in [0.717, 1.165) is 9.80 Å². The lowest BCUT2D eigenvalue weighted by molar-refractivity contribution is -0.124. The van der Waals surface area contributed by atoms with Gasteiger partial charge in [-0.2, -0.15) is 5.26 Å². The summed E-state index contributed by atoms with van der Waals surface area (Å²) in [6.07, 6.45) is -1.13. The number of fused-ring (bicyclic) bond motifs is 1. The molecule has 0 bridgehead atoms. The van der Waals surface area contributed by atoms with E-state index in [9.17, 15) is 24.4 Å². The van der Waals surface area contributed by atoms with Crippen molar-refractivity contribution in [3.8, 4) is 6.07 Å². The van der Waals surface area contributed by atoms with E-state index in [0.29, 0.717) is 12.8 Å². The Morgan fingerprint density at radius 1 is 0.833 bits per heavy atom. The van der Waals surface area contributed by atoms with Crippen LogP contribution in [-0.4, -0.2) is 45.0 Å². The summed E-state index contributed by atoms with van der Waals surface area (Å²) in [5.41, 5.74) is -1.63. The fourth-order valence-corrected chi connectivity index (χ4v) is 4.37. The molecular formula is C32H30N4O6. The Morgan fingerprint density at radius 3 is 1.71 bits per heavy atom. The molecule has 0 spiro atoms. The van der Waals surface area contributed by atoms with Crippen molar-refractivity contribution in [1.29, 1.82) is 5.26 Å². The number of rotatable bonds is 6. The second-order valence-electron chi connectivity index (χ2n) is 11.0. The van der Waals surface area contributed by atoms with Gasteiger partial charge < -0.3 is 9.47 Å². The van der Waals surface area contributed by atoms with Crippen LogP contribution in [0.4, 0.5) is 15.3 Å². The van der Waals surface area contributed by atoms with E-state index >= 15 is 0 Å². The van der Waals surface area contributed by atoms with Gasteiger partial charge in [-0.1, -0.05) is 44.2 Å². The standard InChI is InChI=1S/C32H30N4O6/c1-8-31(3,4)41-29(39)35-25(20-13-10-12-19(16-20)18-33)23-24(28(35)38)26(21-14-11-15-22(17-21)34-7)36(27(23)37)30(40)42-32(5,6)9-2/h10-17H,8-9H2,1-6H3. The third-order valence-electron chi connectivity index (χ3n) is 7.31. The van der Waals surface area contributed by atoms with E-state index in [1.165, 1.54) is 12.1 Å². The molecule has 214 valence electrons. The van der Waals surface area contributed by atoms with E-state index in [1.54, 1.807) is 64.1 Å². The number of nitriles is 1. The van der Waals surface area contributed by atoms with Crippen molar-refractivity contribution >= 4 is 41.1 Å². The maximum atomic E-state index is 14.2. The van der Waals surface area contributed by atoms with Crippen molar-refractivity contribution in [3.05, 3.63) is 87.8 Å². The molecule has 2 aliphatic rings. The van der Waals surface area contributed by atoms with Gasteiger partial charge in [0, 0.05) is 5.56 Å². The molecule has 0 aromatic heterocycles. The third-order valence-corrected chi connectivity index (χ3v) is 7.31. The monoisotopic (exact) mass is 566 g/mol. The van der Waals surface area contributed by atoms with Crippen LogP contribution in [0.5, 0.6) is 0 Å². The van der Waals surface area contributed by atoms with Crippen LogP contribution < -0.4 is 0 Å². The second kappa shape index (κ2) is 11.0. The Kier molecular flexibility index (Phi) is 7.78. The van der Waals surface area contributed by atoms with Crippen LogP contribution in [0.15, 0.2) is 59.7 Å². The number of imide groups is 2. The van der Waals surface area contributed by atoms with Crippen molar-refractivity contribution in [2.24, 2.45) is 0 Å². The summed E-state index contributed by atoms with van der Waals surface area (Å²) < 4.78 is 11.3. The molecule has 0 saturated heterocycles. The fraction of sp³-hybridized carbons (Fsp3) is 0.312. The van der Waals surface area contributed by atoms with Crippen LogP contribution in [0.2, 0.25) is 0 Å². The molecule has 2 aliphatic heterocycles. The quantitative estimate of drug-likeness (QED) is 0.363. The molecule has 10 heteroatoms. The van der Waals surface area contributed by atoms with Gasteiger partial charge in [0.15, 0.2) is 5.69 Å². The van der Waals surface area contributed by atoms with Crippen molar-refractivity contribution < 1.29 is 28.7 Å². The molecule has 4 amide bonds. The molecule has 2 heterocycles. The van der Waals surface area contributed by atoms with Crippen LogP contribution in [0.1, 0.15) is 71.1 Å². The molecule has 10 nitrogen and oxygen atoms in total. The number of amides is 4. The van der Waals surface area contributed by atoms with Crippen molar-refractivity contribution in [2.75, 3.05) is 0 Å². The van der Waals surface area contributed by atoms with Crippen LogP contribution in [0.3, 0.4) is 0 Å². The van der Waals surface area contributed by atoms with Gasteiger partial charge >= 0.3 is 12.2 Å². The van der Waals surface area contributed by atoms with E-state index in [1.807, 2.05) is 19.9 Å². The summed E-state index contributed by atoms with van der Waals surface area (Å²) in [7, 11) is 0. The molecule has 0 aliphatic carbocycles. The number of ether oxygens (including phenoxy) is 2. The number of carbonyl (C=O) groups excluding carboxylic acids is 4. The second-order valence-corrected chi connectivity index (χ2v) is 11.0. The van der Waals surface area contributed by atoms with Gasteiger partial charge in [-0.25, -0.2) is 24.2 Å². The summed E-state index contributed by atoms with van der Waals surface area (Å²) >= 11 is 0. The largest absolute Gasteiger partial charge is 0.443 e. The maximum Gasteiger partial charge on any atom is 0.422 e. The highest BCUT2D eigenvalue weighted by atomic mass is 16.6. The van der Waals surface area contributed by atoms with Gasteiger partial charge in [0.1, 0.15) is 11.2 Å². The minimum absolute atomic E-state index is 0.110. The molecule has 0 fully saturated rings. The smallest absolute Gasteiger partial charge is 0.422 e. The van der Waals surface area contributed by atoms with Gasteiger partial charge in [-0.15, -0.1) is 0 Å². The Morgan fingerprint density at radius 2 is 1.29 bits per heavy atom. The molecule has 2 aromatic rings. The average molecular weight is 567 g/mol. The Labute approximate surface area is 244 Å². The highest BCUT2D eigenvalue weighted by molar-refractivity contribution is 6.35. The van der Waals surface area contributed by atoms with Gasteiger partial charge in [0.2, 0.25) is 0 Å². The summed E-state index contributed by atoms with van der Waals surface area (Å²) in [5, 5.41) is 9.53. The summed E-state index contributed by atoms with van der Waals surface area (Å²) in [5.74, 6) is -1.78. The summed E-state index contributed by atoms with van der Waals surface area (Å²) in [6.45, 7) is 17.8. The fourth-order valence-electron chi connectivity index (χ4n) is 4.37. The van der Waals surface area contributed by atoms with E-state index in [4.69, 9.17) is 16.0 Å². The summed E-state index contributed by atoms with van der Waals surface area (Å²) in [4.78, 5) is 60.6. The Bertz CT molecular complexity index is 1540. The van der Waals surface area contributed by atoms with Gasteiger partial charge in [-0.3, -0.25) is 9.59 Å². The van der Waals surface area contributed by atoms with Gasteiger partial charge in [0.05, 0.1) is 40.7 Å². The number of hydrogen-bond acceptors (Lipinski definition) is 7. The number of nitrogens with zero attached hydrogens (tertiary/aromatic N) is 4. The molecule has 2 aromatic carbocycles. The lowest BCUT2D eigenvalue weighted by Crippen LogP contribution is -2.41. The lowest BCUT2D eigenvalue weighted by Gasteiger charge is -2.29. The van der Waals surface area contributed by atoms with E-state index in [2.05, 4.69) is 4.85 Å². The molecule has 0 radical (unpaired) electrons. The van der Waals surface area contributed by atoms with Crippen LogP contribution in [-0.2, 0) is 19.1 Å². The molecule has 0 atom stereocenters. The SMILES string of the molecule is [C-]#[N+]c1cccc(C2=C3C(=O)N(C(=O)OC(C)(C)CC)C(c4cccc(C#N)c4)=C3C(=O)N2C(=O)OC(C)(C)CC)c1. The summed E-state index contributed by atoms with van der Waals surface area (Å²) in [6, 6.07) is 14.2. The highest BCUT2D eigenvalue weighted by Crippen LogP contribution is 2.48. The van der Waals surface area contributed by atoms with E-state index in [-0.39, 0.29) is 44.9 Å². The first-order valence-electron chi connectivity index (χ1n) is 13.4. The minimum Gasteiger partial charge on any atom is -0.443 e.